The number of hydrogen-bond donors (Lipinski definition) is 1. The summed E-state index contributed by atoms with van der Waals surface area (Å²) in [6, 6.07) is 6.54. The number of thioether (sulfide) groups is 1. The first-order valence-electron chi connectivity index (χ1n) is 10.5. The van der Waals surface area contributed by atoms with Crippen molar-refractivity contribution >= 4 is 17.7 Å². The van der Waals surface area contributed by atoms with Crippen LogP contribution in [0.15, 0.2) is 23.4 Å². The normalized spacial score (nSPS) is 14.3. The van der Waals surface area contributed by atoms with Crippen molar-refractivity contribution in [1.29, 1.82) is 0 Å². The van der Waals surface area contributed by atoms with Gasteiger partial charge in [-0.3, -0.25) is 4.79 Å². The smallest absolute Gasteiger partial charge is 0.223 e. The number of aryl methyl sites for hydroxylation is 3. The van der Waals surface area contributed by atoms with E-state index < -0.39 is 0 Å². The molecular weight excluding hydrogens is 384 g/mol. The summed E-state index contributed by atoms with van der Waals surface area (Å²) in [5.74, 6) is 1.89. The molecule has 1 fully saturated rings. The van der Waals surface area contributed by atoms with Crippen LogP contribution in [0.25, 0.3) is 0 Å². The molecule has 1 aliphatic rings. The summed E-state index contributed by atoms with van der Waals surface area (Å²) >= 11 is 1.66. The number of aromatic nitrogens is 3. The van der Waals surface area contributed by atoms with Crippen LogP contribution in [0.2, 0.25) is 0 Å². The maximum absolute atomic E-state index is 12.1. The molecule has 2 aromatic rings. The van der Waals surface area contributed by atoms with E-state index in [2.05, 4.69) is 40.2 Å². The van der Waals surface area contributed by atoms with Crippen molar-refractivity contribution in [2.75, 3.05) is 19.4 Å². The first-order chi connectivity index (χ1) is 14.1. The van der Waals surface area contributed by atoms with E-state index in [4.69, 9.17) is 4.74 Å². The highest BCUT2D eigenvalue weighted by atomic mass is 32.2. The van der Waals surface area contributed by atoms with E-state index in [1.807, 2.05) is 18.2 Å². The predicted molar refractivity (Wildman–Crippen MR) is 117 cm³/mol. The molecule has 1 aliphatic carbocycles. The molecule has 0 unspecified atom stereocenters. The molecule has 7 heteroatoms. The van der Waals surface area contributed by atoms with E-state index in [9.17, 15) is 4.79 Å². The Labute approximate surface area is 177 Å². The van der Waals surface area contributed by atoms with Gasteiger partial charge in [0.2, 0.25) is 5.91 Å². The molecule has 1 amide bonds. The van der Waals surface area contributed by atoms with Gasteiger partial charge in [0.05, 0.1) is 13.0 Å². The van der Waals surface area contributed by atoms with Gasteiger partial charge in [0.25, 0.3) is 0 Å². The quantitative estimate of drug-likeness (QED) is 0.463. The second kappa shape index (κ2) is 10.7. The van der Waals surface area contributed by atoms with Crippen molar-refractivity contribution in [3.05, 3.63) is 35.2 Å². The van der Waals surface area contributed by atoms with Gasteiger partial charge in [0, 0.05) is 19.0 Å². The Kier molecular flexibility index (Phi) is 7.98. The van der Waals surface area contributed by atoms with E-state index >= 15 is 0 Å². The van der Waals surface area contributed by atoms with Gasteiger partial charge in [-0.2, -0.15) is 0 Å². The molecule has 0 spiro atoms. The van der Waals surface area contributed by atoms with Crippen LogP contribution in [0.3, 0.4) is 0 Å². The summed E-state index contributed by atoms with van der Waals surface area (Å²) in [7, 11) is 0. The topological polar surface area (TPSA) is 69.0 Å². The molecule has 158 valence electrons. The molecule has 0 atom stereocenters. The monoisotopic (exact) mass is 416 g/mol. The molecule has 1 N–H and O–H groups in total. The minimum Gasteiger partial charge on any atom is -0.493 e. The lowest BCUT2D eigenvalue weighted by Gasteiger charge is -2.16. The molecule has 0 radical (unpaired) electrons. The molecule has 6 nitrogen and oxygen atoms in total. The van der Waals surface area contributed by atoms with Crippen molar-refractivity contribution in [3.63, 3.8) is 0 Å². The van der Waals surface area contributed by atoms with Crippen LogP contribution in [0, 0.1) is 13.8 Å². The zero-order chi connectivity index (χ0) is 20.6. The van der Waals surface area contributed by atoms with Crippen LogP contribution in [0.5, 0.6) is 5.75 Å². The molecule has 29 heavy (non-hydrogen) atoms. The van der Waals surface area contributed by atoms with Crippen molar-refractivity contribution in [3.8, 4) is 5.75 Å². The highest BCUT2D eigenvalue weighted by Crippen LogP contribution is 2.33. The standard InChI is InChI=1S/C22H32N4O2S/c1-16-10-11-19(15-17(16)2)28-14-12-21(27)23-13-6-9-20-24-25-22(29-3)26(20)18-7-4-5-8-18/h10-11,15,18H,4-9,12-14H2,1-3H3,(H,23,27). The average molecular weight is 417 g/mol. The van der Waals surface area contributed by atoms with Crippen LogP contribution >= 0.6 is 11.8 Å². The summed E-state index contributed by atoms with van der Waals surface area (Å²) in [6.45, 7) is 5.17. The van der Waals surface area contributed by atoms with Gasteiger partial charge in [0.1, 0.15) is 11.6 Å². The molecule has 0 saturated heterocycles. The van der Waals surface area contributed by atoms with Crippen molar-refractivity contribution in [2.24, 2.45) is 0 Å². The zero-order valence-electron chi connectivity index (χ0n) is 17.7. The number of rotatable bonds is 10. The van der Waals surface area contributed by atoms with Gasteiger partial charge in [-0.15, -0.1) is 10.2 Å². The third-order valence-electron chi connectivity index (χ3n) is 5.58. The van der Waals surface area contributed by atoms with Crippen LogP contribution in [0.1, 0.15) is 61.5 Å². The van der Waals surface area contributed by atoms with Crippen LogP contribution in [-0.2, 0) is 11.2 Å². The Hall–Kier alpha value is -2.02. The third kappa shape index (κ3) is 5.98. The van der Waals surface area contributed by atoms with E-state index in [1.54, 1.807) is 11.8 Å². The summed E-state index contributed by atoms with van der Waals surface area (Å²) in [4.78, 5) is 12.1. The number of nitrogens with zero attached hydrogens (tertiary/aromatic N) is 3. The lowest BCUT2D eigenvalue weighted by Crippen LogP contribution is -2.26. The number of carbonyl (C=O) groups excluding carboxylic acids is 1. The second-order valence-corrected chi connectivity index (χ2v) is 8.48. The molecule has 1 aromatic carbocycles. The highest BCUT2D eigenvalue weighted by Gasteiger charge is 2.23. The fourth-order valence-corrected chi connectivity index (χ4v) is 4.35. The first kappa shape index (κ1) is 21.7. The largest absolute Gasteiger partial charge is 0.493 e. The third-order valence-corrected chi connectivity index (χ3v) is 6.23. The van der Waals surface area contributed by atoms with Gasteiger partial charge < -0.3 is 14.6 Å². The molecule has 1 heterocycles. The minimum absolute atomic E-state index is 0.0240. The van der Waals surface area contributed by atoms with Crippen molar-refractivity contribution in [2.45, 2.75) is 70.0 Å². The lowest BCUT2D eigenvalue weighted by atomic mass is 10.1. The Morgan fingerprint density at radius 1 is 1.24 bits per heavy atom. The van der Waals surface area contributed by atoms with E-state index in [0.717, 1.165) is 29.6 Å². The maximum atomic E-state index is 12.1. The molecule has 3 rings (SSSR count). The average Bonchev–Trinajstić information content (AvgIpc) is 3.37. The van der Waals surface area contributed by atoms with Gasteiger partial charge in [-0.1, -0.05) is 30.7 Å². The van der Waals surface area contributed by atoms with E-state index in [1.165, 1.54) is 36.8 Å². The minimum atomic E-state index is 0.0240. The fourth-order valence-electron chi connectivity index (χ4n) is 3.77. The second-order valence-electron chi connectivity index (χ2n) is 7.71. The van der Waals surface area contributed by atoms with E-state index in [-0.39, 0.29) is 5.91 Å². The Balaban J connectivity index is 1.37. The first-order valence-corrected chi connectivity index (χ1v) is 11.8. The fraction of sp³-hybridized carbons (Fsp3) is 0.591. The van der Waals surface area contributed by atoms with Gasteiger partial charge >= 0.3 is 0 Å². The van der Waals surface area contributed by atoms with Crippen molar-refractivity contribution in [1.82, 2.24) is 20.1 Å². The molecule has 1 aromatic heterocycles. The number of amides is 1. The van der Waals surface area contributed by atoms with E-state index in [0.29, 0.717) is 25.6 Å². The summed E-state index contributed by atoms with van der Waals surface area (Å²) < 4.78 is 8.02. The van der Waals surface area contributed by atoms with Gasteiger partial charge in [-0.05, 0) is 62.6 Å². The number of carbonyl (C=O) groups is 1. The Bertz CT molecular complexity index is 815. The summed E-state index contributed by atoms with van der Waals surface area (Å²) in [5, 5.41) is 12.8. The number of hydrogen-bond acceptors (Lipinski definition) is 5. The number of benzene rings is 1. The van der Waals surface area contributed by atoms with Gasteiger partial charge in [0.15, 0.2) is 5.16 Å². The Morgan fingerprint density at radius 3 is 2.76 bits per heavy atom. The van der Waals surface area contributed by atoms with Crippen molar-refractivity contribution < 1.29 is 9.53 Å². The lowest BCUT2D eigenvalue weighted by molar-refractivity contribution is -0.121. The predicted octanol–water partition coefficient (Wildman–Crippen LogP) is 4.25. The molecule has 0 aliphatic heterocycles. The van der Waals surface area contributed by atoms with Crippen LogP contribution in [-0.4, -0.2) is 40.1 Å². The van der Waals surface area contributed by atoms with Crippen LogP contribution in [0.4, 0.5) is 0 Å². The number of ether oxygens (including phenoxy) is 1. The Morgan fingerprint density at radius 2 is 2.03 bits per heavy atom. The molecule has 0 bridgehead atoms. The summed E-state index contributed by atoms with van der Waals surface area (Å²) in [5.41, 5.74) is 2.44. The molecular formula is C22H32N4O2S. The zero-order valence-corrected chi connectivity index (χ0v) is 18.6. The maximum Gasteiger partial charge on any atom is 0.223 e. The number of nitrogens with one attached hydrogen (secondary N) is 1. The van der Waals surface area contributed by atoms with Crippen LogP contribution < -0.4 is 10.1 Å². The highest BCUT2D eigenvalue weighted by molar-refractivity contribution is 7.98. The van der Waals surface area contributed by atoms with Gasteiger partial charge in [-0.25, -0.2) is 0 Å². The SMILES string of the molecule is CSc1nnc(CCCNC(=O)CCOc2ccc(C)c(C)c2)n1C1CCCC1. The molecule has 1 saturated carbocycles. The summed E-state index contributed by atoms with van der Waals surface area (Å²) in [6.07, 6.45) is 9.13.